The number of aliphatic carboxylic acids is 1. The van der Waals surface area contributed by atoms with E-state index in [2.05, 4.69) is 0 Å². The fourth-order valence-electron chi connectivity index (χ4n) is 3.15. The Morgan fingerprint density at radius 2 is 1.97 bits per heavy atom. The highest BCUT2D eigenvalue weighted by atomic mass is 32.1. The van der Waals surface area contributed by atoms with E-state index in [-0.39, 0.29) is 12.2 Å². The Bertz CT molecular complexity index is 1120. The number of ether oxygens (including phenoxy) is 1. The van der Waals surface area contributed by atoms with Crippen LogP contribution >= 0.6 is 11.3 Å². The van der Waals surface area contributed by atoms with Crippen molar-refractivity contribution in [2.75, 3.05) is 6.61 Å². The first-order valence-corrected chi connectivity index (χ1v) is 10.2. The maximum absolute atomic E-state index is 13.5. The number of hydrogen-bond acceptors (Lipinski definition) is 4. The van der Waals surface area contributed by atoms with Gasteiger partial charge in [-0.1, -0.05) is 0 Å². The number of carboxylic acid groups (broad SMARTS) is 1. The van der Waals surface area contributed by atoms with Crippen LogP contribution in [-0.2, 0) is 4.79 Å². The van der Waals surface area contributed by atoms with Gasteiger partial charge in [0.1, 0.15) is 17.4 Å². The average Bonchev–Trinajstić information content (AvgIpc) is 3.35. The molecule has 148 valence electrons. The Balaban J connectivity index is 1.68. The number of halogens is 1. The molecular formula is C22H19FN2O3S. The fourth-order valence-corrected chi connectivity index (χ4v) is 3.78. The summed E-state index contributed by atoms with van der Waals surface area (Å²) in [6, 6.07) is 14.0. The minimum atomic E-state index is -0.796. The SMILES string of the molecule is O=C(O)CCCCOc1ccc2nc(-c3ccsc3)n(-c3ccc(F)cc3)c2c1. The zero-order valence-corrected chi connectivity index (χ0v) is 16.4. The summed E-state index contributed by atoms with van der Waals surface area (Å²) >= 11 is 1.59. The molecule has 0 saturated heterocycles. The van der Waals surface area contributed by atoms with E-state index in [0.717, 1.165) is 28.1 Å². The normalized spacial score (nSPS) is 11.1. The minimum Gasteiger partial charge on any atom is -0.494 e. The van der Waals surface area contributed by atoms with E-state index in [9.17, 15) is 9.18 Å². The number of rotatable bonds is 8. The number of carboxylic acids is 1. The predicted molar refractivity (Wildman–Crippen MR) is 111 cm³/mol. The predicted octanol–water partition coefficient (Wildman–Crippen LogP) is 5.53. The number of thiophene rings is 1. The highest BCUT2D eigenvalue weighted by molar-refractivity contribution is 7.08. The van der Waals surface area contributed by atoms with Gasteiger partial charge in [0.2, 0.25) is 0 Å². The first-order chi connectivity index (χ1) is 14.1. The summed E-state index contributed by atoms with van der Waals surface area (Å²) in [4.78, 5) is 15.4. The molecule has 0 fully saturated rings. The molecule has 0 saturated carbocycles. The molecule has 4 aromatic rings. The molecule has 0 radical (unpaired) electrons. The van der Waals surface area contributed by atoms with Crippen molar-refractivity contribution in [1.82, 2.24) is 9.55 Å². The Labute approximate surface area is 171 Å². The molecule has 7 heteroatoms. The van der Waals surface area contributed by atoms with Crippen molar-refractivity contribution >= 4 is 28.3 Å². The van der Waals surface area contributed by atoms with Gasteiger partial charge in [0.25, 0.3) is 0 Å². The third-order valence-corrected chi connectivity index (χ3v) is 5.23. The Kier molecular flexibility index (Phi) is 5.57. The lowest BCUT2D eigenvalue weighted by Crippen LogP contribution is -2.01. The average molecular weight is 410 g/mol. The summed E-state index contributed by atoms with van der Waals surface area (Å²) in [6.07, 6.45) is 1.39. The van der Waals surface area contributed by atoms with Gasteiger partial charge in [-0.15, -0.1) is 0 Å². The topological polar surface area (TPSA) is 64.3 Å². The van der Waals surface area contributed by atoms with Crippen LogP contribution in [0.15, 0.2) is 59.3 Å². The van der Waals surface area contributed by atoms with Crippen molar-refractivity contribution in [3.05, 3.63) is 65.1 Å². The third kappa shape index (κ3) is 4.30. The van der Waals surface area contributed by atoms with Crippen molar-refractivity contribution in [3.8, 4) is 22.8 Å². The monoisotopic (exact) mass is 410 g/mol. The van der Waals surface area contributed by atoms with Crippen molar-refractivity contribution in [1.29, 1.82) is 0 Å². The molecule has 0 aliphatic carbocycles. The molecule has 4 rings (SSSR count). The molecule has 0 amide bonds. The molecule has 0 aliphatic rings. The molecule has 2 aromatic heterocycles. The Hall–Kier alpha value is -3.19. The van der Waals surface area contributed by atoms with E-state index >= 15 is 0 Å². The van der Waals surface area contributed by atoms with Crippen LogP contribution in [0.4, 0.5) is 4.39 Å². The van der Waals surface area contributed by atoms with Gasteiger partial charge in [-0.3, -0.25) is 9.36 Å². The molecule has 0 spiro atoms. The van der Waals surface area contributed by atoms with Gasteiger partial charge in [-0.25, -0.2) is 9.37 Å². The molecule has 0 unspecified atom stereocenters. The zero-order chi connectivity index (χ0) is 20.2. The molecule has 2 heterocycles. The van der Waals surface area contributed by atoms with Crippen molar-refractivity contribution in [2.45, 2.75) is 19.3 Å². The van der Waals surface area contributed by atoms with Gasteiger partial charge in [0, 0.05) is 29.1 Å². The van der Waals surface area contributed by atoms with Gasteiger partial charge < -0.3 is 9.84 Å². The van der Waals surface area contributed by atoms with Crippen LogP contribution in [0.25, 0.3) is 28.1 Å². The summed E-state index contributed by atoms with van der Waals surface area (Å²) in [6.45, 7) is 0.445. The molecule has 2 aromatic carbocycles. The number of carbonyl (C=O) groups is 1. The van der Waals surface area contributed by atoms with Crippen LogP contribution in [0.3, 0.4) is 0 Å². The summed E-state index contributed by atoms with van der Waals surface area (Å²) in [7, 11) is 0. The van der Waals surface area contributed by atoms with Crippen LogP contribution in [0, 0.1) is 5.82 Å². The number of aromatic nitrogens is 2. The second-order valence-electron chi connectivity index (χ2n) is 6.61. The Morgan fingerprint density at radius 3 is 2.69 bits per heavy atom. The number of benzene rings is 2. The van der Waals surface area contributed by atoms with Gasteiger partial charge in [0.15, 0.2) is 0 Å². The standard InChI is InChI=1S/C22H19FN2O3S/c23-16-4-6-17(7-5-16)25-20-13-18(28-11-2-1-3-21(26)27)8-9-19(20)24-22(25)15-10-12-29-14-15/h4-10,12-14H,1-3,11H2,(H,26,27). The first kappa shape index (κ1) is 19.1. The fraction of sp³-hybridized carbons (Fsp3) is 0.182. The number of imidazole rings is 1. The van der Waals surface area contributed by atoms with Crippen LogP contribution < -0.4 is 4.74 Å². The largest absolute Gasteiger partial charge is 0.494 e. The van der Waals surface area contributed by atoms with E-state index in [1.54, 1.807) is 23.5 Å². The van der Waals surface area contributed by atoms with Crippen molar-refractivity contribution in [2.24, 2.45) is 0 Å². The van der Waals surface area contributed by atoms with E-state index < -0.39 is 5.97 Å². The van der Waals surface area contributed by atoms with Crippen LogP contribution in [0.1, 0.15) is 19.3 Å². The lowest BCUT2D eigenvalue weighted by molar-refractivity contribution is -0.137. The van der Waals surface area contributed by atoms with Crippen molar-refractivity contribution < 1.29 is 19.0 Å². The van der Waals surface area contributed by atoms with Gasteiger partial charge in [-0.05, 0) is 60.7 Å². The second kappa shape index (κ2) is 8.45. The van der Waals surface area contributed by atoms with Crippen LogP contribution in [0.5, 0.6) is 5.75 Å². The highest BCUT2D eigenvalue weighted by Gasteiger charge is 2.15. The maximum atomic E-state index is 13.5. The summed E-state index contributed by atoms with van der Waals surface area (Å²) in [5.74, 6) is 0.385. The summed E-state index contributed by atoms with van der Waals surface area (Å²) in [5.41, 5.74) is 3.48. The third-order valence-electron chi connectivity index (χ3n) is 4.54. The molecule has 0 aliphatic heterocycles. The quantitative estimate of drug-likeness (QED) is 0.388. The minimum absolute atomic E-state index is 0.143. The highest BCUT2D eigenvalue weighted by Crippen LogP contribution is 2.32. The van der Waals surface area contributed by atoms with Gasteiger partial charge in [-0.2, -0.15) is 11.3 Å². The number of unbranched alkanes of at least 4 members (excludes halogenated alkanes) is 1. The van der Waals surface area contributed by atoms with E-state index in [4.69, 9.17) is 14.8 Å². The molecule has 0 atom stereocenters. The maximum Gasteiger partial charge on any atom is 0.303 e. The van der Waals surface area contributed by atoms with Crippen molar-refractivity contribution in [3.63, 3.8) is 0 Å². The molecule has 1 N–H and O–H groups in total. The van der Waals surface area contributed by atoms with Gasteiger partial charge >= 0.3 is 5.97 Å². The summed E-state index contributed by atoms with van der Waals surface area (Å²) in [5, 5.41) is 12.7. The zero-order valence-electron chi connectivity index (χ0n) is 15.5. The molecule has 29 heavy (non-hydrogen) atoms. The number of hydrogen-bond donors (Lipinski definition) is 1. The molecule has 5 nitrogen and oxygen atoms in total. The van der Waals surface area contributed by atoms with E-state index in [1.807, 2.05) is 39.6 Å². The van der Waals surface area contributed by atoms with Crippen LogP contribution in [0.2, 0.25) is 0 Å². The number of fused-ring (bicyclic) bond motifs is 1. The number of nitrogens with zero attached hydrogens (tertiary/aromatic N) is 2. The molecular weight excluding hydrogens is 391 g/mol. The van der Waals surface area contributed by atoms with E-state index in [1.165, 1.54) is 12.1 Å². The van der Waals surface area contributed by atoms with Gasteiger partial charge in [0.05, 0.1) is 17.6 Å². The molecule has 0 bridgehead atoms. The second-order valence-corrected chi connectivity index (χ2v) is 7.39. The lowest BCUT2D eigenvalue weighted by atomic mass is 10.2. The van der Waals surface area contributed by atoms with Crippen LogP contribution in [-0.4, -0.2) is 27.2 Å². The first-order valence-electron chi connectivity index (χ1n) is 9.27. The lowest BCUT2D eigenvalue weighted by Gasteiger charge is -2.10. The van der Waals surface area contributed by atoms with E-state index in [0.29, 0.717) is 25.2 Å². The summed E-state index contributed by atoms with van der Waals surface area (Å²) < 4.78 is 21.3. The Morgan fingerprint density at radius 1 is 1.14 bits per heavy atom. The smallest absolute Gasteiger partial charge is 0.303 e.